The van der Waals surface area contributed by atoms with Crippen molar-refractivity contribution in [3.05, 3.63) is 47.2 Å². The normalized spacial score (nSPS) is 10.3. The highest BCUT2D eigenvalue weighted by atomic mass is 16.3. The van der Waals surface area contributed by atoms with Gasteiger partial charge in [-0.15, -0.1) is 0 Å². The van der Waals surface area contributed by atoms with Gasteiger partial charge in [-0.25, -0.2) is 4.98 Å². The minimum absolute atomic E-state index is 0.254. The van der Waals surface area contributed by atoms with Crippen molar-refractivity contribution in [3.8, 4) is 0 Å². The van der Waals surface area contributed by atoms with E-state index in [0.717, 1.165) is 16.8 Å². The molecule has 1 amide bonds. The first-order valence-electron chi connectivity index (χ1n) is 5.37. The molecule has 0 bridgehead atoms. The van der Waals surface area contributed by atoms with Crippen LogP contribution in [0.5, 0.6) is 0 Å². The second-order valence-corrected chi connectivity index (χ2v) is 4.02. The van der Waals surface area contributed by atoms with Crippen molar-refractivity contribution in [3.63, 3.8) is 0 Å². The number of carbonyl (C=O) groups is 1. The summed E-state index contributed by atoms with van der Waals surface area (Å²) >= 11 is 0. The molecular weight excluding hydrogens is 216 g/mol. The number of amides is 1. The smallest absolute Gasteiger partial charge is 0.277 e. The molecule has 0 aliphatic rings. The first-order valence-corrected chi connectivity index (χ1v) is 5.37. The van der Waals surface area contributed by atoms with Crippen LogP contribution < -0.4 is 5.32 Å². The fourth-order valence-electron chi connectivity index (χ4n) is 1.52. The molecule has 0 radical (unpaired) electrons. The minimum Gasteiger partial charge on any atom is -0.448 e. The van der Waals surface area contributed by atoms with Gasteiger partial charge in [-0.1, -0.05) is 12.1 Å². The van der Waals surface area contributed by atoms with E-state index in [1.54, 1.807) is 6.92 Å². The van der Waals surface area contributed by atoms with Crippen LogP contribution >= 0.6 is 0 Å². The minimum atomic E-state index is -0.254. The molecule has 0 spiro atoms. The van der Waals surface area contributed by atoms with Crippen LogP contribution in [-0.4, -0.2) is 10.9 Å². The van der Waals surface area contributed by atoms with Gasteiger partial charge in [-0.3, -0.25) is 4.79 Å². The van der Waals surface area contributed by atoms with Crippen molar-refractivity contribution >= 4 is 11.6 Å². The molecule has 1 heterocycles. The molecule has 4 nitrogen and oxygen atoms in total. The lowest BCUT2D eigenvalue weighted by Crippen LogP contribution is -2.13. The van der Waals surface area contributed by atoms with Gasteiger partial charge in [0.05, 0.1) is 0 Å². The van der Waals surface area contributed by atoms with E-state index in [9.17, 15) is 4.79 Å². The van der Waals surface area contributed by atoms with Gasteiger partial charge in [-0.2, -0.15) is 0 Å². The molecular formula is C13H14N2O2. The summed E-state index contributed by atoms with van der Waals surface area (Å²) in [4.78, 5) is 15.8. The van der Waals surface area contributed by atoms with Gasteiger partial charge in [-0.05, 0) is 31.0 Å². The second-order valence-electron chi connectivity index (χ2n) is 4.02. The topological polar surface area (TPSA) is 55.1 Å². The lowest BCUT2D eigenvalue weighted by atomic mass is 10.1. The quantitative estimate of drug-likeness (QED) is 0.863. The number of hydrogen-bond acceptors (Lipinski definition) is 3. The van der Waals surface area contributed by atoms with E-state index in [2.05, 4.69) is 10.3 Å². The largest absolute Gasteiger partial charge is 0.448 e. The van der Waals surface area contributed by atoms with Crippen LogP contribution in [0.15, 0.2) is 28.9 Å². The van der Waals surface area contributed by atoms with Crippen LogP contribution in [0, 0.1) is 20.8 Å². The molecule has 4 heteroatoms. The molecule has 1 aromatic heterocycles. The highest BCUT2D eigenvalue weighted by Gasteiger charge is 2.11. The maximum absolute atomic E-state index is 11.9. The second kappa shape index (κ2) is 4.41. The van der Waals surface area contributed by atoms with Crippen molar-refractivity contribution in [2.75, 3.05) is 5.32 Å². The molecule has 2 rings (SSSR count). The maximum Gasteiger partial charge on any atom is 0.277 e. The van der Waals surface area contributed by atoms with E-state index in [4.69, 9.17) is 4.42 Å². The van der Waals surface area contributed by atoms with Crippen LogP contribution in [0.3, 0.4) is 0 Å². The molecule has 0 saturated heterocycles. The predicted molar refractivity (Wildman–Crippen MR) is 65.1 cm³/mol. The van der Waals surface area contributed by atoms with Crippen LogP contribution in [0.1, 0.15) is 27.5 Å². The van der Waals surface area contributed by atoms with E-state index in [0.29, 0.717) is 11.6 Å². The Labute approximate surface area is 99.7 Å². The number of nitrogens with one attached hydrogen (secondary N) is 1. The Bertz CT molecular complexity index is 558. The molecule has 2 aromatic rings. The van der Waals surface area contributed by atoms with Crippen LogP contribution in [-0.2, 0) is 0 Å². The molecule has 0 aliphatic carbocycles. The first kappa shape index (κ1) is 11.4. The third kappa shape index (κ3) is 2.53. The summed E-state index contributed by atoms with van der Waals surface area (Å²) in [6.07, 6.45) is 1.36. The molecule has 0 unspecified atom stereocenters. The Morgan fingerprint density at radius 3 is 2.71 bits per heavy atom. The fourth-order valence-corrected chi connectivity index (χ4v) is 1.52. The van der Waals surface area contributed by atoms with Crippen molar-refractivity contribution < 1.29 is 9.21 Å². The fraction of sp³-hybridized carbons (Fsp3) is 0.231. The molecule has 0 aliphatic heterocycles. The zero-order valence-corrected chi connectivity index (χ0v) is 10.1. The van der Waals surface area contributed by atoms with Crippen LogP contribution in [0.25, 0.3) is 0 Å². The van der Waals surface area contributed by atoms with Gasteiger partial charge < -0.3 is 9.73 Å². The van der Waals surface area contributed by atoms with Gasteiger partial charge in [0.2, 0.25) is 0 Å². The van der Waals surface area contributed by atoms with Crippen molar-refractivity contribution in [1.29, 1.82) is 0 Å². The van der Waals surface area contributed by atoms with E-state index in [1.807, 2.05) is 32.0 Å². The standard InChI is InChI=1S/C13H14N2O2/c1-8-4-5-9(2)11(6-8)15-13(16)12-7-17-10(3)14-12/h4-7H,1-3H3,(H,15,16). The summed E-state index contributed by atoms with van der Waals surface area (Å²) in [5.74, 6) is 0.228. The summed E-state index contributed by atoms with van der Waals surface area (Å²) in [6, 6.07) is 5.91. The Balaban J connectivity index is 2.21. The predicted octanol–water partition coefficient (Wildman–Crippen LogP) is 2.85. The lowest BCUT2D eigenvalue weighted by Gasteiger charge is -2.07. The number of hydrogen-bond donors (Lipinski definition) is 1. The number of carbonyl (C=O) groups excluding carboxylic acids is 1. The van der Waals surface area contributed by atoms with Gasteiger partial charge in [0.1, 0.15) is 6.26 Å². The molecule has 88 valence electrons. The van der Waals surface area contributed by atoms with E-state index >= 15 is 0 Å². The summed E-state index contributed by atoms with van der Waals surface area (Å²) in [5.41, 5.74) is 3.21. The van der Waals surface area contributed by atoms with Crippen molar-refractivity contribution in [1.82, 2.24) is 4.98 Å². The van der Waals surface area contributed by atoms with Crippen LogP contribution in [0.4, 0.5) is 5.69 Å². The number of benzene rings is 1. The number of anilines is 1. The third-order valence-corrected chi connectivity index (χ3v) is 2.49. The number of rotatable bonds is 2. The molecule has 17 heavy (non-hydrogen) atoms. The average Bonchev–Trinajstić information content (AvgIpc) is 2.70. The summed E-state index contributed by atoms with van der Waals surface area (Å²) in [6.45, 7) is 5.63. The summed E-state index contributed by atoms with van der Waals surface area (Å²) < 4.78 is 5.01. The van der Waals surface area contributed by atoms with Gasteiger partial charge in [0, 0.05) is 12.6 Å². The van der Waals surface area contributed by atoms with Gasteiger partial charge in [0.25, 0.3) is 5.91 Å². The summed E-state index contributed by atoms with van der Waals surface area (Å²) in [7, 11) is 0. The number of oxazole rings is 1. The zero-order chi connectivity index (χ0) is 12.4. The van der Waals surface area contributed by atoms with E-state index in [1.165, 1.54) is 6.26 Å². The third-order valence-electron chi connectivity index (χ3n) is 2.49. The van der Waals surface area contributed by atoms with E-state index < -0.39 is 0 Å². The van der Waals surface area contributed by atoms with E-state index in [-0.39, 0.29) is 5.91 Å². The Hall–Kier alpha value is -2.10. The monoisotopic (exact) mass is 230 g/mol. The highest BCUT2D eigenvalue weighted by molar-refractivity contribution is 6.03. The first-order chi connectivity index (χ1) is 8.06. The maximum atomic E-state index is 11.9. The molecule has 0 fully saturated rings. The molecule has 0 saturated carbocycles. The molecule has 1 aromatic carbocycles. The SMILES string of the molecule is Cc1ccc(C)c(NC(=O)c2coc(C)n2)c1. The molecule has 0 atom stereocenters. The number of aryl methyl sites for hydroxylation is 3. The van der Waals surface area contributed by atoms with Gasteiger partial charge >= 0.3 is 0 Å². The van der Waals surface area contributed by atoms with Crippen molar-refractivity contribution in [2.24, 2.45) is 0 Å². The average molecular weight is 230 g/mol. The molecule has 1 N–H and O–H groups in total. The van der Waals surface area contributed by atoms with Crippen LogP contribution in [0.2, 0.25) is 0 Å². The lowest BCUT2D eigenvalue weighted by molar-refractivity contribution is 0.102. The van der Waals surface area contributed by atoms with Gasteiger partial charge in [0.15, 0.2) is 11.6 Å². The Morgan fingerprint density at radius 1 is 1.29 bits per heavy atom. The summed E-state index contributed by atoms with van der Waals surface area (Å²) in [5, 5.41) is 2.82. The zero-order valence-electron chi connectivity index (χ0n) is 10.1. The number of nitrogens with zero attached hydrogens (tertiary/aromatic N) is 1. The number of aromatic nitrogens is 1. The highest BCUT2D eigenvalue weighted by Crippen LogP contribution is 2.17. The Morgan fingerprint density at radius 2 is 2.06 bits per heavy atom. The van der Waals surface area contributed by atoms with Crippen molar-refractivity contribution in [2.45, 2.75) is 20.8 Å². The Kier molecular flexibility index (Phi) is 2.95.